The lowest BCUT2D eigenvalue weighted by molar-refractivity contribution is -0.116. The number of benzene rings is 2. The number of halogens is 1. The van der Waals surface area contributed by atoms with Gasteiger partial charge in [0.15, 0.2) is 0 Å². The third-order valence-electron chi connectivity index (χ3n) is 5.10. The van der Waals surface area contributed by atoms with E-state index in [1.54, 1.807) is 49.6 Å². The molecule has 3 rings (SSSR count). The van der Waals surface area contributed by atoms with Gasteiger partial charge in [-0.1, -0.05) is 6.07 Å². The molecule has 6 nitrogen and oxygen atoms in total. The van der Waals surface area contributed by atoms with Gasteiger partial charge in [0.05, 0.1) is 12.7 Å². The van der Waals surface area contributed by atoms with Crippen LogP contribution < -0.4 is 10.1 Å². The van der Waals surface area contributed by atoms with Gasteiger partial charge in [-0.05, 0) is 63.2 Å². The molecule has 0 unspecified atom stereocenters. The number of ether oxygens (including phenoxy) is 1. The summed E-state index contributed by atoms with van der Waals surface area (Å²) in [6.07, 6.45) is 0. The molecule has 0 saturated heterocycles. The van der Waals surface area contributed by atoms with E-state index in [4.69, 9.17) is 4.74 Å². The Morgan fingerprint density at radius 3 is 2.45 bits per heavy atom. The summed E-state index contributed by atoms with van der Waals surface area (Å²) < 4.78 is 20.4. The van der Waals surface area contributed by atoms with Crippen LogP contribution in [0.25, 0.3) is 5.69 Å². The maximum Gasteiger partial charge on any atom is 0.256 e. The highest BCUT2D eigenvalue weighted by Gasteiger charge is 2.23. The number of likely N-dealkylation sites (N-methyl/N-ethyl adjacent to an activating group) is 1. The fourth-order valence-electron chi connectivity index (χ4n) is 3.54. The zero-order valence-corrected chi connectivity index (χ0v) is 18.1. The first kappa shape index (κ1) is 22.1. The third kappa shape index (κ3) is 4.94. The van der Waals surface area contributed by atoms with Crippen molar-refractivity contribution in [2.75, 3.05) is 25.5 Å². The molecule has 7 heteroatoms. The van der Waals surface area contributed by atoms with Crippen LogP contribution in [0.5, 0.6) is 5.75 Å². The number of hydrogen-bond donors (Lipinski definition) is 1. The van der Waals surface area contributed by atoms with E-state index in [1.807, 2.05) is 25.3 Å². The van der Waals surface area contributed by atoms with E-state index in [0.29, 0.717) is 23.5 Å². The number of carbonyl (C=O) groups is 2. The first-order valence-electron chi connectivity index (χ1n) is 10.0. The summed E-state index contributed by atoms with van der Waals surface area (Å²) in [5.41, 5.74) is 3.47. The monoisotopic (exact) mass is 423 g/mol. The topological polar surface area (TPSA) is 63.6 Å². The quantitative estimate of drug-likeness (QED) is 0.615. The fraction of sp³-hybridized carbons (Fsp3) is 0.250. The Balaban J connectivity index is 1.78. The molecule has 0 bridgehead atoms. The van der Waals surface area contributed by atoms with Crippen molar-refractivity contribution in [1.82, 2.24) is 9.47 Å². The van der Waals surface area contributed by atoms with Crippen LogP contribution in [0.3, 0.4) is 0 Å². The molecular weight excluding hydrogens is 397 g/mol. The van der Waals surface area contributed by atoms with E-state index < -0.39 is 0 Å². The molecule has 0 saturated carbocycles. The van der Waals surface area contributed by atoms with Gasteiger partial charge in [0.1, 0.15) is 18.1 Å². The minimum atomic E-state index is -0.318. The van der Waals surface area contributed by atoms with Gasteiger partial charge in [0, 0.05) is 35.4 Å². The van der Waals surface area contributed by atoms with E-state index in [-0.39, 0.29) is 24.2 Å². The molecule has 0 radical (unpaired) electrons. The van der Waals surface area contributed by atoms with E-state index >= 15 is 0 Å². The summed E-state index contributed by atoms with van der Waals surface area (Å²) in [5.74, 6) is -0.211. The van der Waals surface area contributed by atoms with Gasteiger partial charge in [-0.2, -0.15) is 0 Å². The van der Waals surface area contributed by atoms with Crippen LogP contribution >= 0.6 is 0 Å². The summed E-state index contributed by atoms with van der Waals surface area (Å²) >= 11 is 0. The zero-order valence-electron chi connectivity index (χ0n) is 18.1. The number of amides is 2. The van der Waals surface area contributed by atoms with Gasteiger partial charge in [-0.3, -0.25) is 9.59 Å². The predicted octanol–water partition coefficient (Wildman–Crippen LogP) is 4.34. The SMILES string of the molecule is CCN(CC(=O)Nc1cccc(OC)c1)C(=O)c1cc(C)n(-c2ccc(F)cc2)c1C. The maximum absolute atomic E-state index is 13.3. The number of rotatable bonds is 7. The molecule has 0 aliphatic carbocycles. The molecule has 31 heavy (non-hydrogen) atoms. The van der Waals surface area contributed by atoms with Crippen molar-refractivity contribution >= 4 is 17.5 Å². The van der Waals surface area contributed by atoms with Crippen LogP contribution in [0.4, 0.5) is 10.1 Å². The normalized spacial score (nSPS) is 10.6. The van der Waals surface area contributed by atoms with Crippen LogP contribution in [0.1, 0.15) is 28.7 Å². The largest absolute Gasteiger partial charge is 0.497 e. The molecule has 0 spiro atoms. The Kier molecular flexibility index (Phi) is 6.74. The first-order valence-corrected chi connectivity index (χ1v) is 10.0. The molecular formula is C24H26FN3O3. The van der Waals surface area contributed by atoms with Gasteiger partial charge >= 0.3 is 0 Å². The Bertz CT molecular complexity index is 1090. The summed E-state index contributed by atoms with van der Waals surface area (Å²) in [5, 5.41) is 2.80. The van der Waals surface area contributed by atoms with Crippen LogP contribution in [-0.4, -0.2) is 41.5 Å². The second-order valence-electron chi connectivity index (χ2n) is 7.20. The molecule has 1 aromatic heterocycles. The predicted molar refractivity (Wildman–Crippen MR) is 118 cm³/mol. The van der Waals surface area contributed by atoms with Crippen molar-refractivity contribution in [3.63, 3.8) is 0 Å². The molecule has 3 aromatic rings. The molecule has 1 heterocycles. The summed E-state index contributed by atoms with van der Waals surface area (Å²) in [6.45, 7) is 5.86. The van der Waals surface area contributed by atoms with Crippen LogP contribution in [0.2, 0.25) is 0 Å². The van der Waals surface area contributed by atoms with Gasteiger partial charge in [0.2, 0.25) is 5.91 Å². The van der Waals surface area contributed by atoms with E-state index in [1.165, 1.54) is 17.0 Å². The number of hydrogen-bond acceptors (Lipinski definition) is 3. The third-order valence-corrected chi connectivity index (χ3v) is 5.10. The maximum atomic E-state index is 13.3. The summed E-state index contributed by atoms with van der Waals surface area (Å²) in [7, 11) is 1.56. The first-order chi connectivity index (χ1) is 14.8. The highest BCUT2D eigenvalue weighted by molar-refractivity contribution is 6.00. The van der Waals surface area contributed by atoms with E-state index in [0.717, 1.165) is 17.1 Å². The number of nitrogens with zero attached hydrogens (tertiary/aromatic N) is 2. The molecule has 0 aliphatic rings. The van der Waals surface area contributed by atoms with E-state index in [2.05, 4.69) is 5.32 Å². The van der Waals surface area contributed by atoms with Gasteiger partial charge in [0.25, 0.3) is 5.91 Å². The van der Waals surface area contributed by atoms with Crippen LogP contribution in [-0.2, 0) is 4.79 Å². The molecule has 2 amide bonds. The highest BCUT2D eigenvalue weighted by atomic mass is 19.1. The number of carbonyl (C=O) groups excluding carboxylic acids is 2. The van der Waals surface area contributed by atoms with Crippen molar-refractivity contribution in [1.29, 1.82) is 0 Å². The number of aromatic nitrogens is 1. The van der Waals surface area contributed by atoms with Gasteiger partial charge in [-0.25, -0.2) is 4.39 Å². The second-order valence-corrected chi connectivity index (χ2v) is 7.20. The second kappa shape index (κ2) is 9.47. The van der Waals surface area contributed by atoms with Crippen molar-refractivity contribution < 1.29 is 18.7 Å². The summed E-state index contributed by atoms with van der Waals surface area (Å²) in [6, 6.07) is 14.9. The van der Waals surface area contributed by atoms with Crippen molar-refractivity contribution in [2.45, 2.75) is 20.8 Å². The average Bonchev–Trinajstić information content (AvgIpc) is 3.06. The minimum Gasteiger partial charge on any atom is -0.497 e. The van der Waals surface area contributed by atoms with E-state index in [9.17, 15) is 14.0 Å². The van der Waals surface area contributed by atoms with Gasteiger partial charge in [-0.15, -0.1) is 0 Å². The number of anilines is 1. The number of aryl methyl sites for hydroxylation is 1. The standard InChI is InChI=1S/C24H26FN3O3/c1-5-27(15-23(29)26-19-7-6-8-21(14-19)31-4)24(30)22-13-16(2)28(17(22)3)20-11-9-18(25)10-12-20/h6-14H,5,15H2,1-4H3,(H,26,29). The van der Waals surface area contributed by atoms with Crippen LogP contribution in [0.15, 0.2) is 54.6 Å². The minimum absolute atomic E-state index is 0.0766. The molecule has 162 valence electrons. The van der Waals surface area contributed by atoms with Crippen molar-refractivity contribution in [3.8, 4) is 11.4 Å². The molecule has 2 aromatic carbocycles. The Labute approximate surface area is 181 Å². The highest BCUT2D eigenvalue weighted by Crippen LogP contribution is 2.23. The molecule has 0 aliphatic heterocycles. The average molecular weight is 423 g/mol. The van der Waals surface area contributed by atoms with Crippen molar-refractivity contribution in [2.24, 2.45) is 0 Å². The Hall–Kier alpha value is -3.61. The zero-order chi connectivity index (χ0) is 22.5. The number of methoxy groups -OCH3 is 1. The lowest BCUT2D eigenvalue weighted by Crippen LogP contribution is -2.38. The van der Waals surface area contributed by atoms with Crippen molar-refractivity contribution in [3.05, 3.63) is 77.4 Å². The number of nitrogens with one attached hydrogen (secondary N) is 1. The Morgan fingerprint density at radius 2 is 1.81 bits per heavy atom. The molecule has 0 fully saturated rings. The van der Waals surface area contributed by atoms with Crippen LogP contribution in [0, 0.1) is 19.7 Å². The Morgan fingerprint density at radius 1 is 1.10 bits per heavy atom. The smallest absolute Gasteiger partial charge is 0.256 e. The molecule has 0 atom stereocenters. The molecule has 1 N–H and O–H groups in total. The lowest BCUT2D eigenvalue weighted by atomic mass is 10.2. The fourth-order valence-corrected chi connectivity index (χ4v) is 3.54. The summed E-state index contributed by atoms with van der Waals surface area (Å²) in [4.78, 5) is 27.2. The lowest BCUT2D eigenvalue weighted by Gasteiger charge is -2.20. The van der Waals surface area contributed by atoms with Gasteiger partial charge < -0.3 is 19.5 Å².